The number of hydrogen-bond donors (Lipinski definition) is 0. The van der Waals surface area contributed by atoms with Crippen LogP contribution < -0.4 is 0 Å². The summed E-state index contributed by atoms with van der Waals surface area (Å²) in [6, 6.07) is 26.7. The van der Waals surface area contributed by atoms with Crippen LogP contribution in [0, 0.1) is 23.2 Å². The zero-order valence-corrected chi connectivity index (χ0v) is 24.7. The molecule has 5 aromatic rings. The molecule has 2 atom stereocenters. The summed E-state index contributed by atoms with van der Waals surface area (Å²) >= 11 is 0. The lowest BCUT2D eigenvalue weighted by Gasteiger charge is -2.34. The molecular weight excluding hydrogens is 544 g/mol. The highest BCUT2D eigenvalue weighted by molar-refractivity contribution is 7.89. The lowest BCUT2D eigenvalue weighted by atomic mass is 9.94. The molecule has 3 aromatic carbocycles. The van der Waals surface area contributed by atoms with E-state index >= 15 is 0 Å². The van der Waals surface area contributed by atoms with E-state index in [-0.39, 0.29) is 4.90 Å². The Hall–Kier alpha value is -4.52. The summed E-state index contributed by atoms with van der Waals surface area (Å²) in [5.74, 6) is 1.15. The Morgan fingerprint density at radius 3 is 2.40 bits per heavy atom. The summed E-state index contributed by atoms with van der Waals surface area (Å²) < 4.78 is 32.7. The molecule has 1 saturated heterocycles. The number of aryl methyl sites for hydroxylation is 1. The number of rotatable bonds is 6. The van der Waals surface area contributed by atoms with Crippen molar-refractivity contribution in [2.24, 2.45) is 18.9 Å². The monoisotopic (exact) mass is 576 g/mol. The molecule has 0 bridgehead atoms. The Labute approximate surface area is 246 Å². The first kappa shape index (κ1) is 27.6. The van der Waals surface area contributed by atoms with Gasteiger partial charge in [-0.15, -0.1) is 0 Å². The number of allylic oxidation sites excluding steroid dienone is 1. The maximum Gasteiger partial charge on any atom is 0.243 e. The van der Waals surface area contributed by atoms with Crippen molar-refractivity contribution in [2.45, 2.75) is 25.2 Å². The van der Waals surface area contributed by atoms with E-state index < -0.39 is 10.0 Å². The summed E-state index contributed by atoms with van der Waals surface area (Å²) in [5, 5.41) is 15.1. The molecule has 6 rings (SSSR count). The van der Waals surface area contributed by atoms with Gasteiger partial charge in [-0.25, -0.2) is 18.1 Å². The number of piperidine rings is 1. The van der Waals surface area contributed by atoms with Crippen LogP contribution in [0.3, 0.4) is 0 Å². The molecule has 3 heterocycles. The Balaban J connectivity index is 1.47. The predicted octanol–water partition coefficient (Wildman–Crippen LogP) is 6.16. The van der Waals surface area contributed by atoms with E-state index in [0.717, 1.165) is 23.1 Å². The minimum Gasteiger partial charge on any atom is -0.327 e. The second-order valence-corrected chi connectivity index (χ2v) is 13.1. The zero-order chi connectivity index (χ0) is 29.4. The van der Waals surface area contributed by atoms with Crippen LogP contribution in [0.25, 0.3) is 39.6 Å². The van der Waals surface area contributed by atoms with Gasteiger partial charge in [0.2, 0.25) is 10.0 Å². The van der Waals surface area contributed by atoms with Crippen molar-refractivity contribution in [3.05, 3.63) is 96.4 Å². The van der Waals surface area contributed by atoms with E-state index in [1.54, 1.807) is 33.3 Å². The summed E-state index contributed by atoms with van der Waals surface area (Å²) in [7, 11) is -1.80. The second-order valence-electron chi connectivity index (χ2n) is 11.2. The molecule has 0 radical (unpaired) electrons. The van der Waals surface area contributed by atoms with Crippen molar-refractivity contribution in [3.63, 3.8) is 0 Å². The Bertz CT molecular complexity index is 1940. The zero-order valence-electron chi connectivity index (χ0n) is 23.8. The highest BCUT2D eigenvalue weighted by Gasteiger charge is 2.32. The molecule has 8 nitrogen and oxygen atoms in total. The second kappa shape index (κ2) is 11.0. The lowest BCUT2D eigenvalue weighted by molar-refractivity contribution is 0.222. The maximum atomic E-state index is 13.7. The van der Waals surface area contributed by atoms with Crippen LogP contribution in [0.15, 0.2) is 90.0 Å². The fraction of sp³-hybridized carbons (Fsp3) is 0.242. The van der Waals surface area contributed by atoms with Crippen molar-refractivity contribution < 1.29 is 8.42 Å². The lowest BCUT2D eigenvalue weighted by Crippen LogP contribution is -2.42. The molecule has 0 amide bonds. The predicted molar refractivity (Wildman–Crippen MR) is 165 cm³/mol. The van der Waals surface area contributed by atoms with Gasteiger partial charge in [0, 0.05) is 37.5 Å². The molecule has 1 aliphatic rings. The molecule has 0 spiro atoms. The van der Waals surface area contributed by atoms with Crippen LogP contribution in [0.5, 0.6) is 0 Å². The van der Waals surface area contributed by atoms with Gasteiger partial charge in [-0.3, -0.25) is 0 Å². The molecule has 1 fully saturated rings. The van der Waals surface area contributed by atoms with Gasteiger partial charge in [-0.05, 0) is 60.7 Å². The molecule has 2 aromatic heterocycles. The van der Waals surface area contributed by atoms with Crippen molar-refractivity contribution in [1.29, 1.82) is 5.26 Å². The fourth-order valence-corrected chi connectivity index (χ4v) is 7.60. The van der Waals surface area contributed by atoms with E-state index in [1.807, 2.05) is 78.5 Å². The highest BCUT2D eigenvalue weighted by Crippen LogP contribution is 2.32. The number of benzene rings is 3. The van der Waals surface area contributed by atoms with Crippen molar-refractivity contribution in [1.82, 2.24) is 23.6 Å². The third-order valence-electron chi connectivity index (χ3n) is 7.79. The first-order valence-corrected chi connectivity index (χ1v) is 15.5. The van der Waals surface area contributed by atoms with Crippen molar-refractivity contribution in [3.8, 4) is 23.0 Å². The summed E-state index contributed by atoms with van der Waals surface area (Å²) in [4.78, 5) is 4.95. The van der Waals surface area contributed by atoms with E-state index in [4.69, 9.17) is 10.1 Å². The van der Waals surface area contributed by atoms with Crippen molar-refractivity contribution in [2.75, 3.05) is 13.1 Å². The van der Waals surface area contributed by atoms with Crippen molar-refractivity contribution >= 4 is 32.7 Å². The third-order valence-corrected chi connectivity index (χ3v) is 9.62. The Kier molecular flexibility index (Phi) is 7.27. The SMILES string of the molecule is CC1CC(C)CN(S(=O)(=O)c2cccc(-c3nn(-c4ccccc4)cc3/C=C(/C#N)c3nc4ccccc4n3C)c2)C1. The molecule has 0 aliphatic carbocycles. The quantitative estimate of drug-likeness (QED) is 0.226. The van der Waals surface area contributed by atoms with Crippen LogP contribution in [0.2, 0.25) is 0 Å². The number of hydrogen-bond acceptors (Lipinski definition) is 5. The number of imidazole rings is 1. The third kappa shape index (κ3) is 5.15. The molecule has 212 valence electrons. The molecular formula is C33H32N6O2S. The van der Waals surface area contributed by atoms with Crippen LogP contribution >= 0.6 is 0 Å². The van der Waals surface area contributed by atoms with E-state index in [0.29, 0.717) is 53.1 Å². The minimum absolute atomic E-state index is 0.237. The van der Waals surface area contributed by atoms with Crippen LogP contribution in [-0.4, -0.2) is 45.1 Å². The highest BCUT2D eigenvalue weighted by atomic mass is 32.2. The van der Waals surface area contributed by atoms with Gasteiger partial charge in [-0.2, -0.15) is 14.7 Å². The number of fused-ring (bicyclic) bond motifs is 1. The Morgan fingerprint density at radius 2 is 1.69 bits per heavy atom. The average molecular weight is 577 g/mol. The van der Waals surface area contributed by atoms with Crippen LogP contribution in [0.4, 0.5) is 0 Å². The summed E-state index contributed by atoms with van der Waals surface area (Å²) in [6.45, 7) is 5.22. The van der Waals surface area contributed by atoms with Gasteiger partial charge < -0.3 is 4.57 Å². The van der Waals surface area contributed by atoms with Gasteiger partial charge >= 0.3 is 0 Å². The smallest absolute Gasteiger partial charge is 0.243 e. The first-order valence-electron chi connectivity index (χ1n) is 14.0. The van der Waals surface area contributed by atoms with Gasteiger partial charge in [0.05, 0.1) is 27.2 Å². The van der Waals surface area contributed by atoms with Gasteiger partial charge in [-0.1, -0.05) is 56.3 Å². The standard InChI is InChI=1S/C33H32N6O2S/c1-23-16-24(2)21-38(20-23)42(40,41)29-13-9-10-25(18-29)32-27(22-39(36-32)28-11-5-4-6-12-28)17-26(19-34)33-35-30-14-7-8-15-31(30)37(33)3/h4-15,17-18,22-24H,16,20-21H2,1-3H3/b26-17-. The number of sulfonamides is 1. The largest absolute Gasteiger partial charge is 0.327 e. The minimum atomic E-state index is -3.69. The Morgan fingerprint density at radius 1 is 0.976 bits per heavy atom. The fourth-order valence-electron chi connectivity index (χ4n) is 5.87. The number of nitriles is 1. The maximum absolute atomic E-state index is 13.7. The number of nitrogens with zero attached hydrogens (tertiary/aromatic N) is 6. The van der Waals surface area contributed by atoms with Gasteiger partial charge in [0.15, 0.2) is 5.82 Å². The first-order chi connectivity index (χ1) is 20.2. The molecule has 0 saturated carbocycles. The molecule has 1 aliphatic heterocycles. The van der Waals surface area contributed by atoms with E-state index in [9.17, 15) is 13.7 Å². The molecule has 0 N–H and O–H groups in total. The van der Waals surface area contributed by atoms with Crippen LogP contribution in [0.1, 0.15) is 31.7 Å². The van der Waals surface area contributed by atoms with E-state index in [2.05, 4.69) is 19.9 Å². The summed E-state index contributed by atoms with van der Waals surface area (Å²) in [6.07, 6.45) is 4.66. The summed E-state index contributed by atoms with van der Waals surface area (Å²) in [5.41, 5.74) is 4.85. The van der Waals surface area contributed by atoms with Gasteiger partial charge in [0.25, 0.3) is 0 Å². The van der Waals surface area contributed by atoms with Crippen LogP contribution in [-0.2, 0) is 17.1 Å². The van der Waals surface area contributed by atoms with Gasteiger partial charge in [0.1, 0.15) is 11.8 Å². The topological polar surface area (TPSA) is 96.8 Å². The normalized spacial score (nSPS) is 18.3. The number of para-hydroxylation sites is 3. The molecule has 9 heteroatoms. The average Bonchev–Trinajstić information content (AvgIpc) is 3.57. The molecule has 42 heavy (non-hydrogen) atoms. The number of aromatic nitrogens is 4. The van der Waals surface area contributed by atoms with E-state index in [1.165, 1.54) is 0 Å². The molecule has 2 unspecified atom stereocenters.